The number of hydrogen-bond donors (Lipinski definition) is 2. The van der Waals surface area contributed by atoms with E-state index >= 15 is 0 Å². The van der Waals surface area contributed by atoms with Gasteiger partial charge in [-0.25, -0.2) is 0 Å². The monoisotopic (exact) mass is 241 g/mol. The third-order valence-corrected chi connectivity index (χ3v) is 2.98. The van der Waals surface area contributed by atoms with Crippen LogP contribution in [0.25, 0.3) is 0 Å². The van der Waals surface area contributed by atoms with Gasteiger partial charge in [-0.1, -0.05) is 19.3 Å². The van der Waals surface area contributed by atoms with E-state index in [1.54, 1.807) is 0 Å². The van der Waals surface area contributed by atoms with Crippen molar-refractivity contribution in [2.24, 2.45) is 0 Å². The Hall–Kier alpha value is -0.330. The molecule has 0 heterocycles. The molecule has 0 aromatic heterocycles. The Morgan fingerprint density at radius 1 is 1.19 bits per heavy atom. The van der Waals surface area contributed by atoms with E-state index in [0.29, 0.717) is 0 Å². The van der Waals surface area contributed by atoms with E-state index in [-0.39, 0.29) is 13.2 Å². The molecule has 1 aliphatic rings. The van der Waals surface area contributed by atoms with Gasteiger partial charge >= 0.3 is 6.36 Å². The van der Waals surface area contributed by atoms with E-state index in [1.165, 1.54) is 0 Å². The first-order valence-electron chi connectivity index (χ1n) is 5.54. The van der Waals surface area contributed by atoms with Gasteiger partial charge in [0.25, 0.3) is 0 Å². The molecule has 0 radical (unpaired) electrons. The van der Waals surface area contributed by atoms with Gasteiger partial charge in [0.2, 0.25) is 0 Å². The van der Waals surface area contributed by atoms with Gasteiger partial charge in [0.1, 0.15) is 0 Å². The van der Waals surface area contributed by atoms with Crippen molar-refractivity contribution in [2.75, 3.05) is 19.8 Å². The Morgan fingerprint density at radius 3 is 2.31 bits per heavy atom. The van der Waals surface area contributed by atoms with Crippen LogP contribution in [0, 0.1) is 0 Å². The lowest BCUT2D eigenvalue weighted by atomic mass is 9.82. The highest BCUT2D eigenvalue weighted by Crippen LogP contribution is 2.27. The zero-order valence-electron chi connectivity index (χ0n) is 9.15. The maximum absolute atomic E-state index is 11.7. The van der Waals surface area contributed by atoms with Crippen molar-refractivity contribution in [3.63, 3.8) is 0 Å². The highest BCUT2D eigenvalue weighted by atomic mass is 19.4. The topological polar surface area (TPSA) is 41.5 Å². The predicted molar refractivity (Wildman–Crippen MR) is 52.9 cm³/mol. The molecule has 0 atom stereocenters. The second-order valence-corrected chi connectivity index (χ2v) is 4.22. The minimum Gasteiger partial charge on any atom is -0.394 e. The summed E-state index contributed by atoms with van der Waals surface area (Å²) in [6.45, 7) is -0.329. The highest BCUT2D eigenvalue weighted by Gasteiger charge is 2.32. The first kappa shape index (κ1) is 13.7. The summed E-state index contributed by atoms with van der Waals surface area (Å²) >= 11 is 0. The number of rotatable bonds is 5. The molecule has 0 bridgehead atoms. The van der Waals surface area contributed by atoms with Crippen LogP contribution in [-0.4, -0.2) is 36.8 Å². The van der Waals surface area contributed by atoms with Crippen LogP contribution in [0.1, 0.15) is 32.1 Å². The van der Waals surface area contributed by atoms with Crippen molar-refractivity contribution in [1.29, 1.82) is 0 Å². The average molecular weight is 241 g/mol. The lowest BCUT2D eigenvalue weighted by Crippen LogP contribution is -2.51. The summed E-state index contributed by atoms with van der Waals surface area (Å²) in [5.41, 5.74) is -0.396. The maximum atomic E-state index is 11.7. The molecule has 16 heavy (non-hydrogen) atoms. The molecular weight excluding hydrogens is 223 g/mol. The quantitative estimate of drug-likeness (QED) is 0.721. The van der Waals surface area contributed by atoms with E-state index in [2.05, 4.69) is 10.1 Å². The molecule has 6 heteroatoms. The first-order valence-corrected chi connectivity index (χ1v) is 5.54. The van der Waals surface area contributed by atoms with E-state index < -0.39 is 18.5 Å². The van der Waals surface area contributed by atoms with Crippen LogP contribution < -0.4 is 5.32 Å². The summed E-state index contributed by atoms with van der Waals surface area (Å²) in [5, 5.41) is 12.3. The number of aliphatic hydroxyl groups is 1. The summed E-state index contributed by atoms with van der Waals surface area (Å²) < 4.78 is 38.8. The van der Waals surface area contributed by atoms with Gasteiger partial charge in [-0.3, -0.25) is 4.74 Å². The van der Waals surface area contributed by atoms with Crippen LogP contribution in [0.15, 0.2) is 0 Å². The Morgan fingerprint density at radius 2 is 1.81 bits per heavy atom. The molecule has 3 nitrogen and oxygen atoms in total. The molecule has 0 amide bonds. The third-order valence-electron chi connectivity index (χ3n) is 2.98. The molecule has 0 aromatic carbocycles. The largest absolute Gasteiger partial charge is 0.522 e. The molecule has 2 N–H and O–H groups in total. The lowest BCUT2D eigenvalue weighted by Gasteiger charge is -2.36. The Labute approximate surface area is 93.0 Å². The predicted octanol–water partition coefficient (Wildman–Crippen LogP) is 1.81. The number of halogens is 3. The normalized spacial score (nSPS) is 21.0. The summed E-state index contributed by atoms with van der Waals surface area (Å²) in [4.78, 5) is 0. The highest BCUT2D eigenvalue weighted by molar-refractivity contribution is 4.89. The van der Waals surface area contributed by atoms with Gasteiger partial charge in [0, 0.05) is 12.1 Å². The van der Waals surface area contributed by atoms with Crippen LogP contribution in [0.2, 0.25) is 0 Å². The van der Waals surface area contributed by atoms with Gasteiger partial charge in [-0.2, -0.15) is 0 Å². The van der Waals surface area contributed by atoms with Crippen molar-refractivity contribution in [3.05, 3.63) is 0 Å². The molecular formula is C10H18F3NO2. The van der Waals surface area contributed by atoms with Gasteiger partial charge in [-0.15, -0.1) is 13.2 Å². The smallest absolute Gasteiger partial charge is 0.394 e. The lowest BCUT2D eigenvalue weighted by molar-refractivity contribution is -0.323. The number of nitrogens with one attached hydrogen (secondary N) is 1. The summed E-state index contributed by atoms with van der Waals surface area (Å²) in [6.07, 6.45) is 0.204. The van der Waals surface area contributed by atoms with E-state index in [9.17, 15) is 18.3 Å². The van der Waals surface area contributed by atoms with Gasteiger partial charge in [0.15, 0.2) is 0 Å². The number of aliphatic hydroxyl groups excluding tert-OH is 1. The first-order chi connectivity index (χ1) is 7.47. The van der Waals surface area contributed by atoms with E-state index in [4.69, 9.17) is 0 Å². The molecule has 1 rings (SSSR count). The second-order valence-electron chi connectivity index (χ2n) is 4.22. The van der Waals surface area contributed by atoms with Crippen molar-refractivity contribution < 1.29 is 23.0 Å². The standard InChI is InChI=1S/C10H18F3NO2/c11-10(12,13)16-7-6-14-9(8-15)4-2-1-3-5-9/h14-15H,1-8H2. The summed E-state index contributed by atoms with van der Waals surface area (Å²) in [5.74, 6) is 0. The van der Waals surface area contributed by atoms with Crippen LogP contribution in [0.5, 0.6) is 0 Å². The third kappa shape index (κ3) is 4.67. The molecule has 1 aliphatic carbocycles. The molecule has 96 valence electrons. The van der Waals surface area contributed by atoms with Crippen molar-refractivity contribution >= 4 is 0 Å². The number of ether oxygens (including phenoxy) is 1. The van der Waals surface area contributed by atoms with Gasteiger partial charge < -0.3 is 10.4 Å². The van der Waals surface area contributed by atoms with Crippen molar-refractivity contribution in [3.8, 4) is 0 Å². The van der Waals surface area contributed by atoms with Crippen LogP contribution in [-0.2, 0) is 4.74 Å². The average Bonchev–Trinajstić information content (AvgIpc) is 2.25. The fraction of sp³-hybridized carbons (Fsp3) is 1.00. The molecule has 0 saturated heterocycles. The molecule has 0 aromatic rings. The zero-order chi connectivity index (χ0) is 12.1. The number of hydrogen-bond acceptors (Lipinski definition) is 3. The summed E-state index contributed by atoms with van der Waals surface area (Å²) in [6, 6.07) is 0. The van der Waals surface area contributed by atoms with Crippen LogP contribution >= 0.6 is 0 Å². The SMILES string of the molecule is OCC1(NCCOC(F)(F)F)CCCCC1. The van der Waals surface area contributed by atoms with Crippen LogP contribution in [0.3, 0.4) is 0 Å². The second kappa shape index (κ2) is 5.84. The molecule has 0 spiro atoms. The molecule has 0 unspecified atom stereocenters. The van der Waals surface area contributed by atoms with Crippen molar-refractivity contribution in [1.82, 2.24) is 5.32 Å². The van der Waals surface area contributed by atoms with Gasteiger partial charge in [-0.05, 0) is 12.8 Å². The van der Waals surface area contributed by atoms with Crippen molar-refractivity contribution in [2.45, 2.75) is 44.0 Å². The molecule has 1 fully saturated rings. The minimum atomic E-state index is -4.57. The Balaban J connectivity index is 2.23. The Bertz CT molecular complexity index is 203. The Kier molecular flexibility index (Phi) is 5.01. The number of alkyl halides is 3. The van der Waals surface area contributed by atoms with Crippen LogP contribution in [0.4, 0.5) is 13.2 Å². The minimum absolute atomic E-state index is 0.0288. The summed E-state index contributed by atoms with van der Waals surface area (Å²) in [7, 11) is 0. The fourth-order valence-electron chi connectivity index (χ4n) is 2.10. The molecule has 0 aliphatic heterocycles. The van der Waals surface area contributed by atoms with Gasteiger partial charge in [0.05, 0.1) is 13.2 Å². The van der Waals surface area contributed by atoms with E-state index in [0.717, 1.165) is 32.1 Å². The fourth-order valence-corrected chi connectivity index (χ4v) is 2.10. The zero-order valence-corrected chi connectivity index (χ0v) is 9.15. The van der Waals surface area contributed by atoms with E-state index in [1.807, 2.05) is 0 Å². The molecule has 1 saturated carbocycles. The maximum Gasteiger partial charge on any atom is 0.522 e.